The highest BCUT2D eigenvalue weighted by Crippen LogP contribution is 2.29. The highest BCUT2D eigenvalue weighted by Gasteiger charge is 2.51. The van der Waals surface area contributed by atoms with E-state index in [0.29, 0.717) is 38.2 Å². The van der Waals surface area contributed by atoms with E-state index in [0.717, 1.165) is 24.9 Å². The van der Waals surface area contributed by atoms with Crippen LogP contribution in [0, 0.1) is 0 Å². The second kappa shape index (κ2) is 8.73. The van der Waals surface area contributed by atoms with Gasteiger partial charge in [-0.25, -0.2) is 4.79 Å². The van der Waals surface area contributed by atoms with Crippen LogP contribution in [0.5, 0.6) is 0 Å². The van der Waals surface area contributed by atoms with Crippen molar-refractivity contribution in [2.45, 2.75) is 51.6 Å². The average Bonchev–Trinajstić information content (AvgIpc) is 2.93. The number of hydrogen-bond donors (Lipinski definition) is 1. The van der Waals surface area contributed by atoms with E-state index in [-0.39, 0.29) is 24.4 Å². The van der Waals surface area contributed by atoms with Crippen molar-refractivity contribution in [1.29, 1.82) is 0 Å². The second-order valence-electron chi connectivity index (χ2n) is 7.45. The number of imide groups is 1. The van der Waals surface area contributed by atoms with Crippen LogP contribution in [0.15, 0.2) is 24.3 Å². The van der Waals surface area contributed by atoms with Gasteiger partial charge in [0.2, 0.25) is 0 Å². The Morgan fingerprint density at radius 2 is 1.86 bits per heavy atom. The maximum Gasteiger partial charge on any atom is 0.325 e. The number of urea groups is 1. The number of hydrogen-bond acceptors (Lipinski definition) is 4. The summed E-state index contributed by atoms with van der Waals surface area (Å²) in [6.07, 6.45) is 3.04. The summed E-state index contributed by atoms with van der Waals surface area (Å²) in [5.74, 6) is -0.170. The summed E-state index contributed by atoms with van der Waals surface area (Å²) in [7, 11) is 0. The number of nitrogens with one attached hydrogen (secondary N) is 1. The zero-order valence-corrected chi connectivity index (χ0v) is 16.7. The zero-order chi connectivity index (χ0) is 20.1. The number of nitrogens with zero attached hydrogens (tertiary/aromatic N) is 2. The van der Waals surface area contributed by atoms with Gasteiger partial charge in [0, 0.05) is 44.7 Å². The topological polar surface area (TPSA) is 79.0 Å². The van der Waals surface area contributed by atoms with Gasteiger partial charge in [-0.05, 0) is 31.0 Å². The minimum absolute atomic E-state index is 0.0126. The van der Waals surface area contributed by atoms with Crippen LogP contribution in [-0.4, -0.2) is 59.5 Å². The standard InChI is InChI=1S/C21H29N3O4/c1-3-5-12-23(4-2)18(25)17-8-6-16(7-9-17)15-24-19(26)21(22-20(24)27)10-13-28-14-11-21/h6-9H,3-5,10-15H2,1-2H3,(H,22,27). The van der Waals surface area contributed by atoms with Crippen molar-refractivity contribution in [2.75, 3.05) is 26.3 Å². The number of carbonyl (C=O) groups excluding carboxylic acids is 3. The number of rotatable bonds is 7. The van der Waals surface area contributed by atoms with Gasteiger partial charge in [-0.2, -0.15) is 0 Å². The lowest BCUT2D eigenvalue weighted by molar-refractivity contribution is -0.134. The lowest BCUT2D eigenvalue weighted by Crippen LogP contribution is -2.51. The third-order valence-electron chi connectivity index (χ3n) is 5.58. The third-order valence-corrected chi connectivity index (χ3v) is 5.58. The Bertz CT molecular complexity index is 726. The normalized spacial score (nSPS) is 18.4. The molecule has 0 aromatic heterocycles. The number of unbranched alkanes of at least 4 members (excludes halogenated alkanes) is 1. The monoisotopic (exact) mass is 387 g/mol. The van der Waals surface area contributed by atoms with Crippen LogP contribution >= 0.6 is 0 Å². The number of ether oxygens (including phenoxy) is 1. The molecule has 7 nitrogen and oxygen atoms in total. The molecule has 2 fully saturated rings. The predicted molar refractivity (Wildman–Crippen MR) is 105 cm³/mol. The molecule has 28 heavy (non-hydrogen) atoms. The molecule has 0 unspecified atom stereocenters. The summed E-state index contributed by atoms with van der Waals surface area (Å²) in [6.45, 7) is 6.66. The SMILES string of the molecule is CCCCN(CC)C(=O)c1ccc(CN2C(=O)NC3(CCOCC3)C2=O)cc1. The molecule has 4 amide bonds. The maximum atomic E-state index is 12.8. The average molecular weight is 387 g/mol. The van der Waals surface area contributed by atoms with Crippen LogP contribution in [0.3, 0.4) is 0 Å². The molecular weight excluding hydrogens is 358 g/mol. The molecule has 3 rings (SSSR count). The van der Waals surface area contributed by atoms with Gasteiger partial charge < -0.3 is 15.0 Å². The molecule has 7 heteroatoms. The molecule has 0 atom stereocenters. The Hall–Kier alpha value is -2.41. The molecule has 2 heterocycles. The van der Waals surface area contributed by atoms with Crippen molar-refractivity contribution >= 4 is 17.8 Å². The van der Waals surface area contributed by atoms with Crippen molar-refractivity contribution in [1.82, 2.24) is 15.1 Å². The van der Waals surface area contributed by atoms with E-state index in [2.05, 4.69) is 12.2 Å². The molecule has 1 spiro atoms. The van der Waals surface area contributed by atoms with Crippen LogP contribution in [0.1, 0.15) is 55.5 Å². The lowest BCUT2D eigenvalue weighted by atomic mass is 9.90. The van der Waals surface area contributed by atoms with E-state index in [9.17, 15) is 14.4 Å². The molecule has 1 N–H and O–H groups in total. The maximum absolute atomic E-state index is 12.8. The van der Waals surface area contributed by atoms with Gasteiger partial charge in [0.25, 0.3) is 11.8 Å². The highest BCUT2D eigenvalue weighted by molar-refractivity contribution is 6.07. The van der Waals surface area contributed by atoms with Crippen LogP contribution in [-0.2, 0) is 16.1 Å². The Kier molecular flexibility index (Phi) is 6.34. The largest absolute Gasteiger partial charge is 0.381 e. The first-order valence-corrected chi connectivity index (χ1v) is 10.1. The zero-order valence-electron chi connectivity index (χ0n) is 16.7. The summed E-state index contributed by atoms with van der Waals surface area (Å²) in [4.78, 5) is 40.9. The van der Waals surface area contributed by atoms with Crippen LogP contribution in [0.25, 0.3) is 0 Å². The Morgan fingerprint density at radius 3 is 2.46 bits per heavy atom. The van der Waals surface area contributed by atoms with Crippen molar-refractivity contribution in [3.63, 3.8) is 0 Å². The van der Waals surface area contributed by atoms with Crippen LogP contribution in [0.4, 0.5) is 4.79 Å². The quantitative estimate of drug-likeness (QED) is 0.730. The van der Waals surface area contributed by atoms with Crippen LogP contribution in [0.2, 0.25) is 0 Å². The number of benzene rings is 1. The summed E-state index contributed by atoms with van der Waals surface area (Å²) >= 11 is 0. The molecule has 0 bridgehead atoms. The predicted octanol–water partition coefficient (Wildman–Crippen LogP) is 2.55. The fourth-order valence-electron chi connectivity index (χ4n) is 3.75. The van der Waals surface area contributed by atoms with Gasteiger partial charge in [0.1, 0.15) is 5.54 Å². The van der Waals surface area contributed by atoms with Crippen molar-refractivity contribution < 1.29 is 19.1 Å². The van der Waals surface area contributed by atoms with Crippen molar-refractivity contribution in [3.05, 3.63) is 35.4 Å². The molecule has 0 saturated carbocycles. The summed E-state index contributed by atoms with van der Waals surface area (Å²) in [5, 5.41) is 2.86. The first-order chi connectivity index (χ1) is 13.5. The van der Waals surface area contributed by atoms with E-state index in [4.69, 9.17) is 4.74 Å². The van der Waals surface area contributed by atoms with Gasteiger partial charge in [-0.15, -0.1) is 0 Å². The van der Waals surface area contributed by atoms with Gasteiger partial charge >= 0.3 is 6.03 Å². The van der Waals surface area contributed by atoms with E-state index in [1.165, 1.54) is 4.90 Å². The smallest absolute Gasteiger partial charge is 0.325 e. The Balaban J connectivity index is 1.66. The van der Waals surface area contributed by atoms with Gasteiger partial charge in [0.15, 0.2) is 0 Å². The fraction of sp³-hybridized carbons (Fsp3) is 0.571. The van der Waals surface area contributed by atoms with E-state index >= 15 is 0 Å². The fourth-order valence-corrected chi connectivity index (χ4v) is 3.75. The van der Waals surface area contributed by atoms with E-state index < -0.39 is 5.54 Å². The molecule has 0 aliphatic carbocycles. The lowest BCUT2D eigenvalue weighted by Gasteiger charge is -2.30. The Labute approximate surface area is 166 Å². The van der Waals surface area contributed by atoms with Gasteiger partial charge in [-0.3, -0.25) is 14.5 Å². The van der Waals surface area contributed by atoms with Crippen molar-refractivity contribution in [2.24, 2.45) is 0 Å². The molecule has 2 saturated heterocycles. The van der Waals surface area contributed by atoms with E-state index in [1.54, 1.807) is 12.1 Å². The molecule has 2 aliphatic heterocycles. The first-order valence-electron chi connectivity index (χ1n) is 10.1. The molecule has 0 radical (unpaired) electrons. The number of carbonyl (C=O) groups is 3. The molecular formula is C21H29N3O4. The minimum atomic E-state index is -0.813. The van der Waals surface area contributed by atoms with Crippen LogP contribution < -0.4 is 5.32 Å². The second-order valence-corrected chi connectivity index (χ2v) is 7.45. The van der Waals surface area contributed by atoms with Crippen molar-refractivity contribution in [3.8, 4) is 0 Å². The molecule has 1 aromatic carbocycles. The Morgan fingerprint density at radius 1 is 1.18 bits per heavy atom. The first kappa shape index (κ1) is 20.3. The van der Waals surface area contributed by atoms with Gasteiger partial charge in [-0.1, -0.05) is 25.5 Å². The van der Waals surface area contributed by atoms with Gasteiger partial charge in [0.05, 0.1) is 6.54 Å². The molecule has 1 aromatic rings. The minimum Gasteiger partial charge on any atom is -0.381 e. The number of amides is 4. The third kappa shape index (κ3) is 4.04. The summed E-state index contributed by atoms with van der Waals surface area (Å²) < 4.78 is 5.32. The molecule has 2 aliphatic rings. The summed E-state index contributed by atoms with van der Waals surface area (Å²) in [5.41, 5.74) is 0.632. The molecule has 152 valence electrons. The highest BCUT2D eigenvalue weighted by atomic mass is 16.5. The van der Waals surface area contributed by atoms with E-state index in [1.807, 2.05) is 24.0 Å². The summed E-state index contributed by atoms with van der Waals surface area (Å²) in [6, 6.07) is 6.82.